The van der Waals surface area contributed by atoms with E-state index in [0.717, 1.165) is 11.5 Å². The van der Waals surface area contributed by atoms with Crippen LogP contribution in [0.4, 0.5) is 11.4 Å². The normalized spacial score (nSPS) is 11.0. The largest absolute Gasteiger partial charge is 0.460 e. The number of rotatable bonds is 6. The molecular weight excluding hydrogens is 316 g/mol. The van der Waals surface area contributed by atoms with Crippen molar-refractivity contribution in [2.45, 2.75) is 5.91 Å². The molecule has 24 heavy (non-hydrogen) atoms. The van der Waals surface area contributed by atoms with Gasteiger partial charge in [-0.3, -0.25) is 0 Å². The van der Waals surface area contributed by atoms with Crippen LogP contribution in [0, 0.1) is 0 Å². The second-order valence-electron chi connectivity index (χ2n) is 5.49. The van der Waals surface area contributed by atoms with Crippen LogP contribution in [0.5, 0.6) is 11.5 Å². The van der Waals surface area contributed by atoms with Gasteiger partial charge in [-0.2, -0.15) is 0 Å². The summed E-state index contributed by atoms with van der Waals surface area (Å²) in [6.45, 7) is 0. The van der Waals surface area contributed by atoms with E-state index in [1.54, 1.807) is 0 Å². The lowest BCUT2D eigenvalue weighted by molar-refractivity contribution is 0.0747. The SMILES string of the molecule is Nc1ccc(OC(Oc2ccc(N)cc2)[SiH2]c2ccccc2)cc1. The van der Waals surface area contributed by atoms with Gasteiger partial charge in [-0.15, -0.1) is 0 Å². The number of anilines is 2. The van der Waals surface area contributed by atoms with Gasteiger partial charge in [0.15, 0.2) is 9.52 Å². The Morgan fingerprint density at radius 1 is 0.625 bits per heavy atom. The Morgan fingerprint density at radius 3 is 1.54 bits per heavy atom. The number of hydrogen-bond donors (Lipinski definition) is 2. The van der Waals surface area contributed by atoms with E-state index in [1.165, 1.54) is 5.19 Å². The topological polar surface area (TPSA) is 70.5 Å². The van der Waals surface area contributed by atoms with Gasteiger partial charge in [0.05, 0.1) is 0 Å². The second-order valence-corrected chi connectivity index (χ2v) is 7.38. The van der Waals surface area contributed by atoms with Gasteiger partial charge in [-0.25, -0.2) is 0 Å². The van der Waals surface area contributed by atoms with Crippen LogP contribution in [0.1, 0.15) is 0 Å². The predicted octanol–water partition coefficient (Wildman–Crippen LogP) is 2.09. The molecule has 0 aliphatic rings. The van der Waals surface area contributed by atoms with Crippen molar-refractivity contribution in [3.05, 3.63) is 78.9 Å². The van der Waals surface area contributed by atoms with Gasteiger partial charge < -0.3 is 20.9 Å². The van der Waals surface area contributed by atoms with Crippen molar-refractivity contribution in [3.8, 4) is 11.5 Å². The van der Waals surface area contributed by atoms with Gasteiger partial charge in [0.25, 0.3) is 0 Å². The molecule has 0 unspecified atom stereocenters. The number of ether oxygens (including phenoxy) is 2. The minimum absolute atomic E-state index is 0.320. The highest BCUT2D eigenvalue weighted by Gasteiger charge is 2.14. The molecule has 0 spiro atoms. The second kappa shape index (κ2) is 7.57. The summed E-state index contributed by atoms with van der Waals surface area (Å²) in [7, 11) is -0.811. The summed E-state index contributed by atoms with van der Waals surface area (Å²) in [4.78, 5) is 0. The Labute approximate surface area is 143 Å². The number of hydrogen-bond acceptors (Lipinski definition) is 4. The number of benzene rings is 3. The van der Waals surface area contributed by atoms with Crippen molar-refractivity contribution in [2.24, 2.45) is 0 Å². The fourth-order valence-corrected chi connectivity index (χ4v) is 3.79. The molecule has 0 bridgehead atoms. The minimum atomic E-state index is -0.811. The van der Waals surface area contributed by atoms with Crippen LogP contribution in [-0.4, -0.2) is 15.4 Å². The van der Waals surface area contributed by atoms with Crippen LogP contribution in [0.3, 0.4) is 0 Å². The third kappa shape index (κ3) is 4.53. The molecule has 4 nitrogen and oxygen atoms in total. The molecule has 4 N–H and O–H groups in total. The van der Waals surface area contributed by atoms with E-state index in [-0.39, 0.29) is 5.91 Å². The Morgan fingerprint density at radius 2 is 1.08 bits per heavy atom. The monoisotopic (exact) mass is 336 g/mol. The Hall–Kier alpha value is -2.92. The summed E-state index contributed by atoms with van der Waals surface area (Å²) in [5.74, 6) is 1.17. The van der Waals surface area contributed by atoms with Crippen molar-refractivity contribution in [1.82, 2.24) is 0 Å². The molecule has 0 saturated carbocycles. The van der Waals surface area contributed by atoms with Crippen molar-refractivity contribution in [3.63, 3.8) is 0 Å². The van der Waals surface area contributed by atoms with Crippen molar-refractivity contribution in [1.29, 1.82) is 0 Å². The zero-order valence-corrected chi connectivity index (χ0v) is 14.7. The average Bonchev–Trinajstić information content (AvgIpc) is 2.60. The van der Waals surface area contributed by atoms with E-state index in [9.17, 15) is 0 Å². The van der Waals surface area contributed by atoms with Gasteiger partial charge in [0, 0.05) is 11.4 Å². The molecule has 0 amide bonds. The average molecular weight is 336 g/mol. The first-order chi connectivity index (χ1) is 11.7. The van der Waals surface area contributed by atoms with Crippen molar-refractivity contribution >= 4 is 26.1 Å². The highest BCUT2D eigenvalue weighted by Crippen LogP contribution is 2.18. The summed E-state index contributed by atoms with van der Waals surface area (Å²) >= 11 is 0. The fraction of sp³-hybridized carbons (Fsp3) is 0.0526. The van der Waals surface area contributed by atoms with Crippen molar-refractivity contribution < 1.29 is 9.47 Å². The highest BCUT2D eigenvalue weighted by atomic mass is 28.2. The lowest BCUT2D eigenvalue weighted by Gasteiger charge is -2.21. The van der Waals surface area contributed by atoms with E-state index in [1.807, 2.05) is 66.7 Å². The van der Waals surface area contributed by atoms with E-state index in [0.29, 0.717) is 11.4 Å². The first-order valence-electron chi connectivity index (χ1n) is 7.77. The molecule has 0 radical (unpaired) electrons. The molecule has 3 rings (SSSR count). The third-order valence-corrected chi connectivity index (χ3v) is 5.15. The summed E-state index contributed by atoms with van der Waals surface area (Å²) in [5.41, 5.74) is 12.9. The summed E-state index contributed by atoms with van der Waals surface area (Å²) in [5, 5.41) is 1.27. The highest BCUT2D eigenvalue weighted by molar-refractivity contribution is 6.54. The van der Waals surface area contributed by atoms with E-state index < -0.39 is 9.52 Å². The summed E-state index contributed by atoms with van der Waals surface area (Å²) < 4.78 is 12.1. The molecule has 0 atom stereocenters. The van der Waals surface area contributed by atoms with Gasteiger partial charge in [0.1, 0.15) is 11.5 Å². The van der Waals surface area contributed by atoms with Gasteiger partial charge in [-0.05, 0) is 48.5 Å². The molecule has 5 heteroatoms. The van der Waals surface area contributed by atoms with Crippen LogP contribution < -0.4 is 26.1 Å². The van der Waals surface area contributed by atoms with Gasteiger partial charge in [-0.1, -0.05) is 35.5 Å². The summed E-state index contributed by atoms with van der Waals surface area (Å²) in [6, 6.07) is 25.0. The molecule has 122 valence electrons. The van der Waals surface area contributed by atoms with E-state index in [2.05, 4.69) is 12.1 Å². The maximum absolute atomic E-state index is 6.06. The lowest BCUT2D eigenvalue weighted by atomic mass is 10.3. The molecular formula is C19H20N2O2Si. The fourth-order valence-electron chi connectivity index (χ4n) is 2.31. The van der Waals surface area contributed by atoms with Crippen molar-refractivity contribution in [2.75, 3.05) is 11.5 Å². The molecule has 3 aromatic rings. The van der Waals surface area contributed by atoms with E-state index >= 15 is 0 Å². The standard InChI is InChI=1S/C19H20N2O2Si/c20-14-6-10-16(11-7-14)22-19(24-18-4-2-1-3-5-18)23-17-12-8-15(21)9-13-17/h1-13,19H,20-21,24H2. The Balaban J connectivity index is 1.76. The Kier molecular flexibility index (Phi) is 5.03. The van der Waals surface area contributed by atoms with Gasteiger partial charge >= 0.3 is 0 Å². The minimum Gasteiger partial charge on any atom is -0.460 e. The molecule has 3 aromatic carbocycles. The molecule has 0 saturated heterocycles. The Bertz CT molecular complexity index is 714. The first-order valence-corrected chi connectivity index (χ1v) is 9.30. The quantitative estimate of drug-likeness (QED) is 0.411. The van der Waals surface area contributed by atoms with Gasteiger partial charge in [0.2, 0.25) is 5.91 Å². The molecule has 0 aliphatic heterocycles. The number of nitrogen functional groups attached to an aromatic ring is 2. The smallest absolute Gasteiger partial charge is 0.217 e. The zero-order chi connectivity index (χ0) is 16.8. The predicted molar refractivity (Wildman–Crippen MR) is 101 cm³/mol. The molecule has 0 fully saturated rings. The van der Waals surface area contributed by atoms with Crippen LogP contribution in [0.15, 0.2) is 78.9 Å². The maximum Gasteiger partial charge on any atom is 0.217 e. The summed E-state index contributed by atoms with van der Waals surface area (Å²) in [6.07, 6.45) is 0. The lowest BCUT2D eigenvalue weighted by Crippen LogP contribution is -2.37. The van der Waals surface area contributed by atoms with E-state index in [4.69, 9.17) is 20.9 Å². The van der Waals surface area contributed by atoms with Crippen LogP contribution >= 0.6 is 0 Å². The van der Waals surface area contributed by atoms with Crippen LogP contribution in [-0.2, 0) is 0 Å². The molecule has 0 aromatic heterocycles. The first kappa shape index (κ1) is 16.0. The molecule has 0 aliphatic carbocycles. The zero-order valence-electron chi connectivity index (χ0n) is 13.3. The van der Waals surface area contributed by atoms with Crippen LogP contribution in [0.25, 0.3) is 0 Å². The third-order valence-electron chi connectivity index (χ3n) is 3.54. The maximum atomic E-state index is 6.06. The van der Waals surface area contributed by atoms with Crippen LogP contribution in [0.2, 0.25) is 0 Å². The number of nitrogens with two attached hydrogens (primary N) is 2. The molecule has 0 heterocycles.